The Bertz CT molecular complexity index is 956. The van der Waals surface area contributed by atoms with E-state index in [4.69, 9.17) is 9.47 Å². The van der Waals surface area contributed by atoms with Gasteiger partial charge in [-0.05, 0) is 49.4 Å². The molecule has 0 bridgehead atoms. The van der Waals surface area contributed by atoms with E-state index in [2.05, 4.69) is 4.72 Å². The summed E-state index contributed by atoms with van der Waals surface area (Å²) in [6.45, 7) is 1.39. The van der Waals surface area contributed by atoms with E-state index >= 15 is 0 Å². The van der Waals surface area contributed by atoms with Crippen LogP contribution in [0.3, 0.4) is 0 Å². The summed E-state index contributed by atoms with van der Waals surface area (Å²) in [6.07, 6.45) is -0.105. The maximum atomic E-state index is 13.7. The highest BCUT2D eigenvalue weighted by Gasteiger charge is 2.21. The molecule has 144 valence electrons. The number of sulfonamides is 1. The first-order valence-corrected chi connectivity index (χ1v) is 9.66. The second-order valence-corrected chi connectivity index (χ2v) is 7.46. The Morgan fingerprint density at radius 1 is 1.07 bits per heavy atom. The summed E-state index contributed by atoms with van der Waals surface area (Å²) in [4.78, 5) is 24.5. The Morgan fingerprint density at radius 3 is 2.19 bits per heavy atom. The molecule has 0 fully saturated rings. The van der Waals surface area contributed by atoms with Crippen molar-refractivity contribution in [1.29, 1.82) is 0 Å². The quantitative estimate of drug-likeness (QED) is 0.572. The Hall–Kier alpha value is -2.94. The minimum absolute atomic E-state index is 0.0153. The molecule has 1 atom stereocenters. The van der Waals surface area contributed by atoms with E-state index in [1.54, 1.807) is 0 Å². The molecule has 0 aliphatic heterocycles. The van der Waals surface area contributed by atoms with Gasteiger partial charge in [-0.3, -0.25) is 9.52 Å². The van der Waals surface area contributed by atoms with Crippen LogP contribution in [0.15, 0.2) is 42.5 Å². The zero-order valence-electron chi connectivity index (χ0n) is 14.9. The Balaban J connectivity index is 2.06. The molecule has 27 heavy (non-hydrogen) atoms. The van der Waals surface area contributed by atoms with E-state index in [1.807, 2.05) is 0 Å². The number of ether oxygens (including phenoxy) is 2. The van der Waals surface area contributed by atoms with E-state index in [9.17, 15) is 22.4 Å². The zero-order valence-corrected chi connectivity index (χ0v) is 15.7. The van der Waals surface area contributed by atoms with Crippen molar-refractivity contribution in [2.24, 2.45) is 0 Å². The van der Waals surface area contributed by atoms with Gasteiger partial charge in [-0.25, -0.2) is 17.6 Å². The highest BCUT2D eigenvalue weighted by molar-refractivity contribution is 7.92. The largest absolute Gasteiger partial charge is 0.494 e. The van der Waals surface area contributed by atoms with Crippen molar-refractivity contribution in [2.45, 2.75) is 13.0 Å². The van der Waals surface area contributed by atoms with Crippen molar-refractivity contribution in [3.05, 3.63) is 59.4 Å². The van der Waals surface area contributed by atoms with Gasteiger partial charge in [0, 0.05) is 11.3 Å². The minimum Gasteiger partial charge on any atom is -0.494 e. The van der Waals surface area contributed by atoms with E-state index in [1.165, 1.54) is 50.4 Å². The van der Waals surface area contributed by atoms with Gasteiger partial charge < -0.3 is 9.47 Å². The fourth-order valence-electron chi connectivity index (χ4n) is 2.23. The Labute approximate surface area is 156 Å². The van der Waals surface area contributed by atoms with Gasteiger partial charge >= 0.3 is 5.97 Å². The molecular formula is C18H18FNO6S. The molecule has 0 aliphatic rings. The molecule has 0 spiro atoms. The molecule has 2 aromatic rings. The summed E-state index contributed by atoms with van der Waals surface area (Å²) >= 11 is 0. The van der Waals surface area contributed by atoms with Crippen molar-refractivity contribution >= 4 is 27.5 Å². The second-order valence-electron chi connectivity index (χ2n) is 5.71. The molecule has 0 radical (unpaired) electrons. The number of hydrogen-bond donors (Lipinski definition) is 1. The first-order valence-electron chi connectivity index (χ1n) is 7.77. The predicted molar refractivity (Wildman–Crippen MR) is 97.1 cm³/mol. The number of methoxy groups -OCH3 is 1. The van der Waals surface area contributed by atoms with Crippen molar-refractivity contribution in [3.63, 3.8) is 0 Å². The monoisotopic (exact) mass is 395 g/mol. The molecule has 0 unspecified atom stereocenters. The van der Waals surface area contributed by atoms with Crippen molar-refractivity contribution in [3.8, 4) is 5.75 Å². The number of carbonyl (C=O) groups excluding carboxylic acids is 2. The molecule has 0 aromatic heterocycles. The van der Waals surface area contributed by atoms with E-state index in [0.717, 1.165) is 12.3 Å². The molecule has 2 aromatic carbocycles. The molecular weight excluding hydrogens is 377 g/mol. The summed E-state index contributed by atoms with van der Waals surface area (Å²) in [7, 11) is -2.13. The molecule has 0 aliphatic carbocycles. The summed E-state index contributed by atoms with van der Waals surface area (Å²) < 4.78 is 48.2. The van der Waals surface area contributed by atoms with Crippen molar-refractivity contribution in [2.75, 3.05) is 18.1 Å². The van der Waals surface area contributed by atoms with Crippen LogP contribution in [0, 0.1) is 5.82 Å². The maximum absolute atomic E-state index is 13.7. The Kier molecular flexibility index (Phi) is 6.17. The SMILES string of the molecule is COc1ccc(C(=O)O[C@H](C)C(=O)c2ccc(NS(C)(=O)=O)cc2)cc1F. The third kappa shape index (κ3) is 5.52. The van der Waals surface area contributed by atoms with Gasteiger partial charge in [-0.15, -0.1) is 0 Å². The summed E-state index contributed by atoms with van der Waals surface area (Å²) in [6, 6.07) is 9.23. The summed E-state index contributed by atoms with van der Waals surface area (Å²) in [5.41, 5.74) is 0.475. The normalized spacial score (nSPS) is 12.1. The van der Waals surface area contributed by atoms with Crippen LogP contribution in [0.5, 0.6) is 5.75 Å². The number of hydrogen-bond acceptors (Lipinski definition) is 6. The average molecular weight is 395 g/mol. The molecule has 0 heterocycles. The molecule has 7 nitrogen and oxygen atoms in total. The van der Waals surface area contributed by atoms with Crippen LogP contribution in [0.1, 0.15) is 27.6 Å². The van der Waals surface area contributed by atoms with Gasteiger partial charge in [0.15, 0.2) is 17.7 Å². The fraction of sp³-hybridized carbons (Fsp3) is 0.222. The van der Waals surface area contributed by atoms with Gasteiger partial charge in [0.05, 0.1) is 18.9 Å². The lowest BCUT2D eigenvalue weighted by Crippen LogP contribution is -2.24. The van der Waals surface area contributed by atoms with Crippen LogP contribution in [0.25, 0.3) is 0 Å². The molecule has 0 amide bonds. The van der Waals surface area contributed by atoms with E-state index in [-0.39, 0.29) is 16.9 Å². The van der Waals surface area contributed by atoms with Crippen LogP contribution in [0.4, 0.5) is 10.1 Å². The molecule has 2 rings (SSSR count). The van der Waals surface area contributed by atoms with Crippen LogP contribution in [-0.4, -0.2) is 39.6 Å². The molecule has 0 saturated carbocycles. The van der Waals surface area contributed by atoms with Gasteiger partial charge in [-0.2, -0.15) is 0 Å². The van der Waals surface area contributed by atoms with Gasteiger partial charge in [0.2, 0.25) is 15.8 Å². The lowest BCUT2D eigenvalue weighted by atomic mass is 10.1. The second kappa shape index (κ2) is 8.17. The van der Waals surface area contributed by atoms with Crippen LogP contribution in [-0.2, 0) is 14.8 Å². The van der Waals surface area contributed by atoms with Gasteiger partial charge in [0.25, 0.3) is 0 Å². The van der Waals surface area contributed by atoms with Crippen LogP contribution >= 0.6 is 0 Å². The third-order valence-electron chi connectivity index (χ3n) is 3.51. The highest BCUT2D eigenvalue weighted by Crippen LogP contribution is 2.19. The number of ketones is 1. The van der Waals surface area contributed by atoms with Crippen molar-refractivity contribution < 1.29 is 31.9 Å². The lowest BCUT2D eigenvalue weighted by molar-refractivity contribution is 0.0318. The number of carbonyl (C=O) groups is 2. The number of benzene rings is 2. The van der Waals surface area contributed by atoms with Gasteiger partial charge in [0.1, 0.15) is 0 Å². The number of Topliss-reactive ketones (excluding diaryl/α,β-unsaturated/α-hetero) is 1. The minimum atomic E-state index is -3.43. The van der Waals surface area contributed by atoms with E-state index in [0.29, 0.717) is 5.69 Å². The van der Waals surface area contributed by atoms with Gasteiger partial charge in [-0.1, -0.05) is 0 Å². The fourth-order valence-corrected chi connectivity index (χ4v) is 2.79. The average Bonchev–Trinajstić information content (AvgIpc) is 2.60. The van der Waals surface area contributed by atoms with Crippen LogP contribution in [0.2, 0.25) is 0 Å². The molecule has 1 N–H and O–H groups in total. The molecule has 9 heteroatoms. The predicted octanol–water partition coefficient (Wildman–Crippen LogP) is 2.63. The number of esters is 1. The maximum Gasteiger partial charge on any atom is 0.338 e. The first kappa shape index (κ1) is 20.4. The van der Waals surface area contributed by atoms with Crippen molar-refractivity contribution in [1.82, 2.24) is 0 Å². The zero-order chi connectivity index (χ0) is 20.2. The standard InChI is InChI=1S/C18H18FNO6S/c1-11(26-18(22)13-6-9-16(25-2)15(19)10-13)17(21)12-4-7-14(8-5-12)20-27(3,23)24/h4-11,20H,1-3H3/t11-/m1/s1. The number of nitrogens with one attached hydrogen (secondary N) is 1. The first-order chi connectivity index (χ1) is 12.6. The summed E-state index contributed by atoms with van der Waals surface area (Å²) in [5.74, 6) is -2.07. The van der Waals surface area contributed by atoms with Crippen LogP contribution < -0.4 is 9.46 Å². The number of halogens is 1. The molecule has 0 saturated heterocycles. The number of anilines is 1. The smallest absolute Gasteiger partial charge is 0.338 e. The van der Waals surface area contributed by atoms with E-state index < -0.39 is 33.7 Å². The summed E-state index contributed by atoms with van der Waals surface area (Å²) in [5, 5.41) is 0. The Morgan fingerprint density at radius 2 is 1.67 bits per heavy atom. The highest BCUT2D eigenvalue weighted by atomic mass is 32.2. The topological polar surface area (TPSA) is 98.8 Å². The number of rotatable bonds is 7. The lowest BCUT2D eigenvalue weighted by Gasteiger charge is -2.13. The third-order valence-corrected chi connectivity index (χ3v) is 4.12.